The van der Waals surface area contributed by atoms with E-state index in [1.54, 1.807) is 6.07 Å². The lowest BCUT2D eigenvalue weighted by Crippen LogP contribution is -2.46. The number of rotatable bonds is 5. The van der Waals surface area contributed by atoms with Crippen LogP contribution < -0.4 is 5.32 Å². The fourth-order valence-corrected chi connectivity index (χ4v) is 2.29. The molecule has 0 amide bonds. The standard InChI is InChI=1S/C14H23N3O3/c1-16-6-8-17(9-7-16)5-4-15-10-11-2-3-12(18)14(20)13(11)19/h2-3,15,18-20H,4-10H2,1H3. The number of phenolic OH excluding ortho intramolecular Hbond substituents is 3. The van der Waals surface area contributed by atoms with Gasteiger partial charge in [-0.1, -0.05) is 6.07 Å². The molecule has 1 aromatic carbocycles. The number of benzene rings is 1. The van der Waals surface area contributed by atoms with E-state index >= 15 is 0 Å². The summed E-state index contributed by atoms with van der Waals surface area (Å²) in [4.78, 5) is 4.72. The van der Waals surface area contributed by atoms with Gasteiger partial charge in [0.2, 0.25) is 5.75 Å². The van der Waals surface area contributed by atoms with Crippen molar-refractivity contribution in [2.24, 2.45) is 0 Å². The Hall–Kier alpha value is -1.50. The Labute approximate surface area is 119 Å². The van der Waals surface area contributed by atoms with Crippen LogP contribution in [0.4, 0.5) is 0 Å². The topological polar surface area (TPSA) is 79.2 Å². The zero-order valence-electron chi connectivity index (χ0n) is 11.8. The number of hydrogen-bond acceptors (Lipinski definition) is 6. The Morgan fingerprint density at radius 1 is 1.05 bits per heavy atom. The fraction of sp³-hybridized carbons (Fsp3) is 0.571. The van der Waals surface area contributed by atoms with Crippen LogP contribution in [0.25, 0.3) is 0 Å². The van der Waals surface area contributed by atoms with Gasteiger partial charge in [0, 0.05) is 51.4 Å². The van der Waals surface area contributed by atoms with Crippen LogP contribution in [0.15, 0.2) is 12.1 Å². The van der Waals surface area contributed by atoms with Gasteiger partial charge in [0.25, 0.3) is 0 Å². The molecule has 0 saturated carbocycles. The minimum atomic E-state index is -0.455. The molecule has 2 rings (SSSR count). The normalized spacial score (nSPS) is 17.4. The molecule has 1 aromatic rings. The number of nitrogens with zero attached hydrogens (tertiary/aromatic N) is 2. The predicted molar refractivity (Wildman–Crippen MR) is 77.1 cm³/mol. The number of likely N-dealkylation sites (N-methyl/N-ethyl adjacent to an activating group) is 1. The van der Waals surface area contributed by atoms with Crippen LogP contribution in [-0.2, 0) is 6.54 Å². The second kappa shape index (κ2) is 6.78. The average molecular weight is 281 g/mol. The smallest absolute Gasteiger partial charge is 0.200 e. The van der Waals surface area contributed by atoms with Crippen molar-refractivity contribution in [1.29, 1.82) is 0 Å². The van der Waals surface area contributed by atoms with Gasteiger partial charge < -0.3 is 25.5 Å². The van der Waals surface area contributed by atoms with Crippen molar-refractivity contribution < 1.29 is 15.3 Å². The van der Waals surface area contributed by atoms with Crippen molar-refractivity contribution in [3.8, 4) is 17.2 Å². The summed E-state index contributed by atoms with van der Waals surface area (Å²) >= 11 is 0. The monoisotopic (exact) mass is 281 g/mol. The molecule has 0 spiro atoms. The summed E-state index contributed by atoms with van der Waals surface area (Å²) in [7, 11) is 2.13. The molecule has 0 aliphatic carbocycles. The summed E-state index contributed by atoms with van der Waals surface area (Å²) in [6.07, 6.45) is 0. The maximum atomic E-state index is 9.69. The summed E-state index contributed by atoms with van der Waals surface area (Å²) < 4.78 is 0. The Morgan fingerprint density at radius 2 is 1.75 bits per heavy atom. The Balaban J connectivity index is 1.72. The highest BCUT2D eigenvalue weighted by molar-refractivity contribution is 5.52. The van der Waals surface area contributed by atoms with E-state index in [4.69, 9.17) is 0 Å². The first kappa shape index (κ1) is 14.9. The minimum absolute atomic E-state index is 0.253. The first-order valence-electron chi connectivity index (χ1n) is 6.92. The predicted octanol–water partition coefficient (Wildman–Crippen LogP) is 0.140. The maximum Gasteiger partial charge on any atom is 0.200 e. The SMILES string of the molecule is CN1CCN(CCNCc2ccc(O)c(O)c2O)CC1. The van der Waals surface area contributed by atoms with E-state index in [0.29, 0.717) is 12.1 Å². The summed E-state index contributed by atoms with van der Waals surface area (Å²) in [5, 5.41) is 31.6. The van der Waals surface area contributed by atoms with E-state index in [2.05, 4.69) is 22.2 Å². The summed E-state index contributed by atoms with van der Waals surface area (Å²) in [5.74, 6) is -1.01. The molecule has 1 saturated heterocycles. The van der Waals surface area contributed by atoms with Crippen molar-refractivity contribution in [3.05, 3.63) is 17.7 Å². The second-order valence-corrected chi connectivity index (χ2v) is 5.26. The summed E-state index contributed by atoms with van der Waals surface area (Å²) in [6, 6.07) is 2.99. The highest BCUT2D eigenvalue weighted by Gasteiger charge is 2.13. The number of aromatic hydroxyl groups is 3. The van der Waals surface area contributed by atoms with Crippen LogP contribution in [0.5, 0.6) is 17.2 Å². The number of phenols is 3. The molecule has 112 valence electrons. The molecule has 6 nitrogen and oxygen atoms in total. The fourth-order valence-electron chi connectivity index (χ4n) is 2.29. The third-order valence-corrected chi connectivity index (χ3v) is 3.73. The van der Waals surface area contributed by atoms with Crippen molar-refractivity contribution in [1.82, 2.24) is 15.1 Å². The quantitative estimate of drug-likeness (QED) is 0.454. The van der Waals surface area contributed by atoms with Gasteiger partial charge >= 0.3 is 0 Å². The van der Waals surface area contributed by atoms with Crippen molar-refractivity contribution in [2.45, 2.75) is 6.54 Å². The molecule has 0 radical (unpaired) electrons. The van der Waals surface area contributed by atoms with Crippen LogP contribution in [0, 0.1) is 0 Å². The van der Waals surface area contributed by atoms with E-state index in [1.807, 2.05) is 0 Å². The average Bonchev–Trinajstić information content (AvgIpc) is 2.45. The van der Waals surface area contributed by atoms with Gasteiger partial charge in [-0.2, -0.15) is 0 Å². The van der Waals surface area contributed by atoms with E-state index in [9.17, 15) is 15.3 Å². The number of nitrogens with one attached hydrogen (secondary N) is 1. The maximum absolute atomic E-state index is 9.69. The molecule has 1 heterocycles. The van der Waals surface area contributed by atoms with Crippen molar-refractivity contribution in [2.75, 3.05) is 46.3 Å². The molecule has 1 aliphatic rings. The zero-order valence-corrected chi connectivity index (χ0v) is 11.8. The molecule has 0 bridgehead atoms. The van der Waals surface area contributed by atoms with Gasteiger partial charge in [-0.3, -0.25) is 4.90 Å². The Morgan fingerprint density at radius 3 is 2.45 bits per heavy atom. The lowest BCUT2D eigenvalue weighted by Gasteiger charge is -2.32. The third kappa shape index (κ3) is 3.75. The lowest BCUT2D eigenvalue weighted by atomic mass is 10.1. The first-order chi connectivity index (χ1) is 9.58. The van der Waals surface area contributed by atoms with Crippen LogP contribution in [0.3, 0.4) is 0 Å². The minimum Gasteiger partial charge on any atom is -0.504 e. The molecular weight excluding hydrogens is 258 g/mol. The van der Waals surface area contributed by atoms with Gasteiger partial charge in [-0.25, -0.2) is 0 Å². The van der Waals surface area contributed by atoms with Gasteiger partial charge in [0.05, 0.1) is 0 Å². The number of piperazine rings is 1. The Kier molecular flexibility index (Phi) is 5.05. The lowest BCUT2D eigenvalue weighted by molar-refractivity contribution is 0.154. The molecule has 4 N–H and O–H groups in total. The first-order valence-corrected chi connectivity index (χ1v) is 6.92. The molecule has 6 heteroatoms. The largest absolute Gasteiger partial charge is 0.504 e. The van der Waals surface area contributed by atoms with Crippen molar-refractivity contribution in [3.63, 3.8) is 0 Å². The van der Waals surface area contributed by atoms with Crippen LogP contribution in [0.1, 0.15) is 5.56 Å². The summed E-state index contributed by atoms with van der Waals surface area (Å²) in [5.41, 5.74) is 0.582. The van der Waals surface area contributed by atoms with Crippen molar-refractivity contribution >= 4 is 0 Å². The second-order valence-electron chi connectivity index (χ2n) is 5.26. The third-order valence-electron chi connectivity index (χ3n) is 3.73. The molecule has 0 atom stereocenters. The van der Waals surface area contributed by atoms with Gasteiger partial charge in [0.15, 0.2) is 11.5 Å². The summed E-state index contributed by atoms with van der Waals surface area (Å²) in [6.45, 7) is 6.64. The van der Waals surface area contributed by atoms with Crippen LogP contribution in [-0.4, -0.2) is 71.4 Å². The highest BCUT2D eigenvalue weighted by atomic mass is 16.3. The van der Waals surface area contributed by atoms with Gasteiger partial charge in [-0.05, 0) is 13.1 Å². The molecule has 0 aromatic heterocycles. The molecule has 20 heavy (non-hydrogen) atoms. The van der Waals surface area contributed by atoms with E-state index in [0.717, 1.165) is 39.3 Å². The Bertz CT molecular complexity index is 446. The molecular formula is C14H23N3O3. The van der Waals surface area contributed by atoms with E-state index in [1.165, 1.54) is 6.07 Å². The number of hydrogen-bond donors (Lipinski definition) is 4. The highest BCUT2D eigenvalue weighted by Crippen LogP contribution is 2.36. The van der Waals surface area contributed by atoms with E-state index < -0.39 is 5.75 Å². The van der Waals surface area contributed by atoms with E-state index in [-0.39, 0.29) is 11.5 Å². The molecule has 1 aliphatic heterocycles. The van der Waals surface area contributed by atoms with Crippen LogP contribution >= 0.6 is 0 Å². The van der Waals surface area contributed by atoms with Gasteiger partial charge in [0.1, 0.15) is 0 Å². The van der Waals surface area contributed by atoms with Crippen LogP contribution in [0.2, 0.25) is 0 Å². The molecule has 0 unspecified atom stereocenters. The zero-order chi connectivity index (χ0) is 14.5. The molecule has 1 fully saturated rings. The van der Waals surface area contributed by atoms with Gasteiger partial charge in [-0.15, -0.1) is 0 Å².